The van der Waals surface area contributed by atoms with Crippen molar-refractivity contribution in [3.05, 3.63) is 60.3 Å². The molecule has 0 unspecified atom stereocenters. The molecule has 0 spiro atoms. The SMILES string of the molecule is COc1ccccc1OCCNC(=O)Cc1c[nH]c2ccccc12. The second kappa shape index (κ2) is 7.55. The maximum absolute atomic E-state index is 12.1. The zero-order valence-corrected chi connectivity index (χ0v) is 13.5. The lowest BCUT2D eigenvalue weighted by Crippen LogP contribution is -2.29. The highest BCUT2D eigenvalue weighted by molar-refractivity contribution is 5.88. The number of carbonyl (C=O) groups is 1. The van der Waals surface area contributed by atoms with E-state index in [0.29, 0.717) is 31.1 Å². The fraction of sp³-hybridized carbons (Fsp3) is 0.211. The number of hydrogen-bond acceptors (Lipinski definition) is 3. The summed E-state index contributed by atoms with van der Waals surface area (Å²) in [5.74, 6) is 1.33. The van der Waals surface area contributed by atoms with Gasteiger partial charge < -0.3 is 19.8 Å². The van der Waals surface area contributed by atoms with Crippen molar-refractivity contribution >= 4 is 16.8 Å². The molecule has 0 aliphatic carbocycles. The number of aromatic nitrogens is 1. The molecule has 124 valence electrons. The molecule has 1 heterocycles. The largest absolute Gasteiger partial charge is 0.493 e. The molecule has 0 atom stereocenters. The van der Waals surface area contributed by atoms with E-state index in [1.807, 2.05) is 54.7 Å². The van der Waals surface area contributed by atoms with Gasteiger partial charge in [0.25, 0.3) is 0 Å². The number of amides is 1. The van der Waals surface area contributed by atoms with E-state index in [4.69, 9.17) is 9.47 Å². The van der Waals surface area contributed by atoms with Gasteiger partial charge >= 0.3 is 0 Å². The van der Waals surface area contributed by atoms with Gasteiger partial charge in [-0.05, 0) is 23.8 Å². The minimum atomic E-state index is -0.0246. The van der Waals surface area contributed by atoms with Crippen molar-refractivity contribution < 1.29 is 14.3 Å². The van der Waals surface area contributed by atoms with Gasteiger partial charge in [-0.25, -0.2) is 0 Å². The van der Waals surface area contributed by atoms with Crippen molar-refractivity contribution in [3.8, 4) is 11.5 Å². The summed E-state index contributed by atoms with van der Waals surface area (Å²) in [4.78, 5) is 15.3. The first kappa shape index (κ1) is 15.9. The summed E-state index contributed by atoms with van der Waals surface area (Å²) < 4.78 is 10.9. The lowest BCUT2D eigenvalue weighted by Gasteiger charge is -2.10. The van der Waals surface area contributed by atoms with Gasteiger partial charge in [-0.1, -0.05) is 30.3 Å². The van der Waals surface area contributed by atoms with Gasteiger partial charge in [0.05, 0.1) is 20.1 Å². The lowest BCUT2D eigenvalue weighted by molar-refractivity contribution is -0.120. The van der Waals surface area contributed by atoms with Crippen molar-refractivity contribution in [1.29, 1.82) is 0 Å². The maximum atomic E-state index is 12.1. The van der Waals surface area contributed by atoms with E-state index in [0.717, 1.165) is 16.5 Å². The van der Waals surface area contributed by atoms with Crippen LogP contribution in [0.5, 0.6) is 11.5 Å². The quantitative estimate of drug-likeness (QED) is 0.657. The van der Waals surface area contributed by atoms with Crippen LogP contribution in [0.4, 0.5) is 0 Å². The van der Waals surface area contributed by atoms with Gasteiger partial charge in [0, 0.05) is 17.1 Å². The van der Waals surface area contributed by atoms with Crippen LogP contribution in [-0.4, -0.2) is 31.2 Å². The minimum absolute atomic E-state index is 0.0246. The highest BCUT2D eigenvalue weighted by Gasteiger charge is 2.08. The lowest BCUT2D eigenvalue weighted by atomic mass is 10.1. The molecular formula is C19H20N2O3. The van der Waals surface area contributed by atoms with Gasteiger partial charge in [-0.15, -0.1) is 0 Å². The number of para-hydroxylation sites is 3. The molecular weight excluding hydrogens is 304 g/mol. The molecule has 0 radical (unpaired) electrons. The van der Waals surface area contributed by atoms with Gasteiger partial charge in [-0.2, -0.15) is 0 Å². The zero-order valence-electron chi connectivity index (χ0n) is 13.5. The number of ether oxygens (including phenoxy) is 2. The van der Waals surface area contributed by atoms with Crippen LogP contribution in [0.3, 0.4) is 0 Å². The Kier molecular flexibility index (Phi) is 5.01. The van der Waals surface area contributed by atoms with Crippen LogP contribution in [0.25, 0.3) is 10.9 Å². The van der Waals surface area contributed by atoms with Crippen molar-refractivity contribution in [2.24, 2.45) is 0 Å². The molecule has 5 heteroatoms. The van der Waals surface area contributed by atoms with Gasteiger partial charge in [0.1, 0.15) is 6.61 Å². The summed E-state index contributed by atoms with van der Waals surface area (Å²) >= 11 is 0. The molecule has 24 heavy (non-hydrogen) atoms. The molecule has 5 nitrogen and oxygen atoms in total. The number of hydrogen-bond donors (Lipinski definition) is 2. The number of H-pyrrole nitrogens is 1. The standard InChI is InChI=1S/C19H20N2O3/c1-23-17-8-4-5-9-18(17)24-11-10-20-19(22)12-14-13-21-16-7-3-2-6-15(14)16/h2-9,13,21H,10-12H2,1H3,(H,20,22). The fourth-order valence-corrected chi connectivity index (χ4v) is 2.60. The van der Waals surface area contributed by atoms with E-state index < -0.39 is 0 Å². The molecule has 0 fully saturated rings. The van der Waals surface area contributed by atoms with Crippen molar-refractivity contribution in [3.63, 3.8) is 0 Å². The average molecular weight is 324 g/mol. The van der Waals surface area contributed by atoms with Crippen LogP contribution in [0.2, 0.25) is 0 Å². The summed E-state index contributed by atoms with van der Waals surface area (Å²) in [7, 11) is 1.60. The van der Waals surface area contributed by atoms with Crippen LogP contribution in [-0.2, 0) is 11.2 Å². The number of fused-ring (bicyclic) bond motifs is 1. The van der Waals surface area contributed by atoms with E-state index in [1.54, 1.807) is 7.11 Å². The average Bonchev–Trinajstić information content (AvgIpc) is 3.02. The molecule has 2 aromatic carbocycles. The first-order valence-corrected chi connectivity index (χ1v) is 7.85. The molecule has 0 saturated heterocycles. The van der Waals surface area contributed by atoms with E-state index in [9.17, 15) is 4.79 Å². The molecule has 3 rings (SSSR count). The molecule has 0 aliphatic heterocycles. The molecule has 2 N–H and O–H groups in total. The first-order chi connectivity index (χ1) is 11.8. The Bertz CT molecular complexity index is 826. The summed E-state index contributed by atoms with van der Waals surface area (Å²) in [6.45, 7) is 0.833. The normalized spacial score (nSPS) is 10.5. The number of rotatable bonds is 7. The molecule has 1 aromatic heterocycles. The van der Waals surface area contributed by atoms with Crippen molar-refractivity contribution in [2.75, 3.05) is 20.3 Å². The highest BCUT2D eigenvalue weighted by Crippen LogP contribution is 2.25. The van der Waals surface area contributed by atoms with E-state index in [1.165, 1.54) is 0 Å². The third kappa shape index (κ3) is 3.68. The minimum Gasteiger partial charge on any atom is -0.493 e. The van der Waals surface area contributed by atoms with Crippen LogP contribution in [0.15, 0.2) is 54.7 Å². The Morgan fingerprint density at radius 3 is 2.67 bits per heavy atom. The summed E-state index contributed by atoms with van der Waals surface area (Å²) in [5, 5.41) is 3.96. The van der Waals surface area contributed by atoms with Crippen LogP contribution in [0.1, 0.15) is 5.56 Å². The Morgan fingerprint density at radius 2 is 1.83 bits per heavy atom. The second-order valence-electron chi connectivity index (χ2n) is 5.39. The summed E-state index contributed by atoms with van der Waals surface area (Å²) in [6.07, 6.45) is 2.23. The Balaban J connectivity index is 1.48. The van der Waals surface area contributed by atoms with Crippen LogP contribution in [0, 0.1) is 0 Å². The van der Waals surface area contributed by atoms with Crippen molar-refractivity contribution in [2.45, 2.75) is 6.42 Å². The Hall–Kier alpha value is -2.95. The van der Waals surface area contributed by atoms with Gasteiger partial charge in [0.2, 0.25) is 5.91 Å². The number of aromatic amines is 1. The van der Waals surface area contributed by atoms with Gasteiger partial charge in [0.15, 0.2) is 11.5 Å². The molecule has 1 amide bonds. The third-order valence-corrected chi connectivity index (χ3v) is 3.78. The topological polar surface area (TPSA) is 63.4 Å². The predicted octanol–water partition coefficient (Wildman–Crippen LogP) is 2.91. The zero-order chi connectivity index (χ0) is 16.8. The molecule has 3 aromatic rings. The predicted molar refractivity (Wildman–Crippen MR) is 93.5 cm³/mol. The number of benzene rings is 2. The molecule has 0 bridgehead atoms. The van der Waals surface area contributed by atoms with Crippen molar-refractivity contribution in [1.82, 2.24) is 10.3 Å². The summed E-state index contributed by atoms with van der Waals surface area (Å²) in [6, 6.07) is 15.4. The number of methoxy groups -OCH3 is 1. The monoisotopic (exact) mass is 324 g/mol. The smallest absolute Gasteiger partial charge is 0.224 e. The summed E-state index contributed by atoms with van der Waals surface area (Å²) in [5.41, 5.74) is 2.04. The number of carbonyl (C=O) groups excluding carboxylic acids is 1. The molecule has 0 aliphatic rings. The first-order valence-electron chi connectivity index (χ1n) is 7.85. The fourth-order valence-electron chi connectivity index (χ4n) is 2.60. The van der Waals surface area contributed by atoms with Crippen LogP contribution < -0.4 is 14.8 Å². The highest BCUT2D eigenvalue weighted by atomic mass is 16.5. The molecule has 0 saturated carbocycles. The number of nitrogens with one attached hydrogen (secondary N) is 2. The Labute approximate surface area is 140 Å². The maximum Gasteiger partial charge on any atom is 0.224 e. The van der Waals surface area contributed by atoms with Gasteiger partial charge in [-0.3, -0.25) is 4.79 Å². The van der Waals surface area contributed by atoms with Crippen LogP contribution >= 0.6 is 0 Å². The second-order valence-corrected chi connectivity index (χ2v) is 5.39. The third-order valence-electron chi connectivity index (χ3n) is 3.78. The Morgan fingerprint density at radius 1 is 1.08 bits per heavy atom. The van der Waals surface area contributed by atoms with E-state index in [-0.39, 0.29) is 5.91 Å². The van der Waals surface area contributed by atoms with E-state index >= 15 is 0 Å². The van der Waals surface area contributed by atoms with E-state index in [2.05, 4.69) is 10.3 Å².